The van der Waals surface area contributed by atoms with Crippen LogP contribution in [0.25, 0.3) is 11.0 Å². The molecule has 2 aromatic heterocycles. The molecular formula is C19H22N4O3S. The molecule has 0 unspecified atom stereocenters. The van der Waals surface area contributed by atoms with Crippen molar-refractivity contribution in [1.82, 2.24) is 15.2 Å². The van der Waals surface area contributed by atoms with Gasteiger partial charge < -0.3 is 19.5 Å². The summed E-state index contributed by atoms with van der Waals surface area (Å²) >= 11 is 1.64. The second kappa shape index (κ2) is 6.83. The van der Waals surface area contributed by atoms with Crippen LogP contribution < -0.4 is 10.2 Å². The van der Waals surface area contributed by atoms with Crippen molar-refractivity contribution in [2.45, 2.75) is 18.9 Å². The molecule has 0 aromatic carbocycles. The summed E-state index contributed by atoms with van der Waals surface area (Å²) < 4.78 is 5.72. The van der Waals surface area contributed by atoms with Gasteiger partial charge in [-0.25, -0.2) is 4.98 Å². The third kappa shape index (κ3) is 3.00. The highest BCUT2D eigenvalue weighted by Gasteiger charge is 2.35. The number of amides is 2. The fourth-order valence-corrected chi connectivity index (χ4v) is 5.24. The summed E-state index contributed by atoms with van der Waals surface area (Å²) in [7, 11) is 0. The van der Waals surface area contributed by atoms with Gasteiger partial charge in [0.2, 0.25) is 5.91 Å². The first-order chi connectivity index (χ1) is 13.2. The molecule has 4 saturated heterocycles. The summed E-state index contributed by atoms with van der Waals surface area (Å²) in [6, 6.07) is 1.99. The first kappa shape index (κ1) is 17.1. The van der Waals surface area contributed by atoms with Crippen molar-refractivity contribution in [3.05, 3.63) is 24.2 Å². The number of fused-ring (bicyclic) bond motifs is 4. The van der Waals surface area contributed by atoms with Gasteiger partial charge in [0.05, 0.1) is 11.4 Å². The first-order valence-corrected chi connectivity index (χ1v) is 10.6. The predicted molar refractivity (Wildman–Crippen MR) is 104 cm³/mol. The van der Waals surface area contributed by atoms with Gasteiger partial charge >= 0.3 is 0 Å². The van der Waals surface area contributed by atoms with Gasteiger partial charge in [-0.2, -0.15) is 11.8 Å². The fraction of sp³-hybridized carbons (Fsp3) is 0.526. The van der Waals surface area contributed by atoms with E-state index in [-0.39, 0.29) is 17.9 Å². The van der Waals surface area contributed by atoms with E-state index >= 15 is 0 Å². The van der Waals surface area contributed by atoms with E-state index in [0.717, 1.165) is 49.3 Å². The Balaban J connectivity index is 1.42. The normalized spacial score (nSPS) is 27.9. The molecule has 2 amide bonds. The minimum Gasteiger partial charge on any atom is -0.460 e. The lowest BCUT2D eigenvalue weighted by Gasteiger charge is -2.44. The topological polar surface area (TPSA) is 78.7 Å². The third-order valence-corrected chi connectivity index (χ3v) is 6.86. The van der Waals surface area contributed by atoms with Crippen LogP contribution in [0.2, 0.25) is 0 Å². The minimum absolute atomic E-state index is 0.0732. The lowest BCUT2D eigenvalue weighted by atomic mass is 9.84. The van der Waals surface area contributed by atoms with Gasteiger partial charge in [0, 0.05) is 36.5 Å². The number of piperidine rings is 3. The first-order valence-electron chi connectivity index (χ1n) is 9.48. The highest BCUT2D eigenvalue weighted by atomic mass is 32.2. The summed E-state index contributed by atoms with van der Waals surface area (Å²) in [6.45, 7) is 3.83. The molecule has 0 radical (unpaired) electrons. The molecule has 0 saturated carbocycles. The Bertz CT molecular complexity index is 890. The molecule has 2 aromatic rings. The van der Waals surface area contributed by atoms with Crippen LogP contribution in [0, 0.1) is 5.92 Å². The number of thioether (sulfide) groups is 1. The zero-order valence-corrected chi connectivity index (χ0v) is 15.8. The van der Waals surface area contributed by atoms with Crippen LogP contribution in [0.4, 0.5) is 5.69 Å². The van der Waals surface area contributed by atoms with Crippen LogP contribution >= 0.6 is 11.8 Å². The molecule has 0 spiro atoms. The number of rotatable bonds is 3. The third-order valence-electron chi connectivity index (χ3n) is 5.93. The Kier molecular flexibility index (Phi) is 4.32. The van der Waals surface area contributed by atoms with Crippen LogP contribution in [-0.2, 0) is 4.79 Å². The van der Waals surface area contributed by atoms with Crippen molar-refractivity contribution < 1.29 is 14.0 Å². The number of hydrogen-bond acceptors (Lipinski definition) is 6. The fourth-order valence-electron chi connectivity index (χ4n) is 4.46. The highest BCUT2D eigenvalue weighted by molar-refractivity contribution is 8.00. The van der Waals surface area contributed by atoms with Crippen LogP contribution in [0.15, 0.2) is 22.9 Å². The summed E-state index contributed by atoms with van der Waals surface area (Å²) in [5, 5.41) is 3.94. The summed E-state index contributed by atoms with van der Waals surface area (Å²) in [6.07, 6.45) is 5.48. The van der Waals surface area contributed by atoms with E-state index in [4.69, 9.17) is 4.42 Å². The number of pyridine rings is 1. The number of nitrogens with zero attached hydrogens (tertiary/aromatic N) is 3. The Labute approximate surface area is 161 Å². The van der Waals surface area contributed by atoms with Crippen molar-refractivity contribution in [2.24, 2.45) is 5.92 Å². The van der Waals surface area contributed by atoms with Crippen LogP contribution in [0.5, 0.6) is 0 Å². The van der Waals surface area contributed by atoms with Crippen molar-refractivity contribution in [1.29, 1.82) is 0 Å². The number of anilines is 1. The maximum absolute atomic E-state index is 12.9. The molecule has 4 fully saturated rings. The highest BCUT2D eigenvalue weighted by Crippen LogP contribution is 2.33. The van der Waals surface area contributed by atoms with Gasteiger partial charge in [-0.1, -0.05) is 0 Å². The summed E-state index contributed by atoms with van der Waals surface area (Å²) in [4.78, 5) is 33.6. The lowest BCUT2D eigenvalue weighted by Crippen LogP contribution is -2.57. The molecule has 2 bridgehead atoms. The van der Waals surface area contributed by atoms with Crippen LogP contribution in [0.3, 0.4) is 0 Å². The lowest BCUT2D eigenvalue weighted by molar-refractivity contribution is -0.116. The molecule has 1 N–H and O–H groups in total. The molecule has 1 atom stereocenters. The maximum atomic E-state index is 12.9. The van der Waals surface area contributed by atoms with E-state index in [9.17, 15) is 9.59 Å². The molecule has 0 aliphatic carbocycles. The summed E-state index contributed by atoms with van der Waals surface area (Å²) in [5.74, 6) is 1.81. The second-order valence-corrected chi connectivity index (χ2v) is 8.58. The average molecular weight is 386 g/mol. The average Bonchev–Trinajstić information content (AvgIpc) is 3.13. The van der Waals surface area contributed by atoms with Gasteiger partial charge in [0.1, 0.15) is 6.26 Å². The Hall–Kier alpha value is -2.06. The molecule has 4 aliphatic heterocycles. The van der Waals surface area contributed by atoms with E-state index in [1.807, 2.05) is 6.07 Å². The molecule has 7 nitrogen and oxygen atoms in total. The van der Waals surface area contributed by atoms with E-state index in [0.29, 0.717) is 29.5 Å². The number of aromatic nitrogens is 1. The Morgan fingerprint density at radius 1 is 1.30 bits per heavy atom. The molecule has 8 heteroatoms. The number of carbonyl (C=O) groups is 2. The summed E-state index contributed by atoms with van der Waals surface area (Å²) in [5.41, 5.74) is 1.49. The number of carbonyl (C=O) groups excluding carboxylic acids is 2. The number of furan rings is 1. The van der Waals surface area contributed by atoms with E-state index in [2.05, 4.69) is 15.2 Å². The zero-order valence-electron chi connectivity index (χ0n) is 15.0. The standard InChI is InChI=1S/C19H22N4O3S/c24-16-11-27-8-7-23(16)15-10-26-18-13(15)1-4-20-17(18)19(25)21-14-9-22-5-2-12(14)3-6-22/h1,4,10,12,14H,2-3,5-9,11H2,(H,21,25)/t14-/m0/s1. The number of nitrogens with one attached hydrogen (secondary N) is 1. The minimum atomic E-state index is -0.194. The van der Waals surface area contributed by atoms with Crippen molar-refractivity contribution in [3.8, 4) is 0 Å². The molecule has 4 aliphatic rings. The largest absolute Gasteiger partial charge is 0.460 e. The quantitative estimate of drug-likeness (QED) is 0.866. The predicted octanol–water partition coefficient (Wildman–Crippen LogP) is 1.73. The SMILES string of the molecule is O=C(N[C@H]1CN2CCC1CC2)c1nccc2c(N3CCSCC3=O)coc12. The Morgan fingerprint density at radius 3 is 2.89 bits per heavy atom. The molecule has 142 valence electrons. The smallest absolute Gasteiger partial charge is 0.274 e. The number of hydrogen-bond donors (Lipinski definition) is 1. The van der Waals surface area contributed by atoms with Crippen molar-refractivity contribution >= 4 is 40.2 Å². The second-order valence-electron chi connectivity index (χ2n) is 7.47. The molecule has 6 rings (SSSR count). The molecule has 27 heavy (non-hydrogen) atoms. The van der Waals surface area contributed by atoms with Gasteiger partial charge in [-0.05, 0) is 37.9 Å². The van der Waals surface area contributed by atoms with Crippen LogP contribution in [-0.4, -0.2) is 65.4 Å². The van der Waals surface area contributed by atoms with Crippen LogP contribution in [0.1, 0.15) is 23.3 Å². The van der Waals surface area contributed by atoms with Crippen molar-refractivity contribution in [3.63, 3.8) is 0 Å². The van der Waals surface area contributed by atoms with E-state index < -0.39 is 0 Å². The van der Waals surface area contributed by atoms with Gasteiger partial charge in [0.15, 0.2) is 11.3 Å². The van der Waals surface area contributed by atoms with Gasteiger partial charge in [0.25, 0.3) is 5.91 Å². The van der Waals surface area contributed by atoms with E-state index in [1.165, 1.54) is 0 Å². The maximum Gasteiger partial charge on any atom is 0.274 e. The van der Waals surface area contributed by atoms with Gasteiger partial charge in [-0.15, -0.1) is 0 Å². The van der Waals surface area contributed by atoms with Crippen molar-refractivity contribution in [2.75, 3.05) is 42.6 Å². The zero-order chi connectivity index (χ0) is 18.4. The Morgan fingerprint density at radius 2 is 2.15 bits per heavy atom. The van der Waals surface area contributed by atoms with E-state index in [1.54, 1.807) is 29.1 Å². The monoisotopic (exact) mass is 386 g/mol. The van der Waals surface area contributed by atoms with Gasteiger partial charge in [-0.3, -0.25) is 9.59 Å². The molecular weight excluding hydrogens is 364 g/mol. The molecule has 6 heterocycles.